The quantitative estimate of drug-likeness (QED) is 0.806. The molecule has 1 aliphatic rings. The molecule has 0 aromatic carbocycles. The van der Waals surface area contributed by atoms with E-state index in [1.807, 2.05) is 0 Å². The number of hydrogen-bond acceptors (Lipinski definition) is 6. The minimum absolute atomic E-state index is 0.0605. The summed E-state index contributed by atoms with van der Waals surface area (Å²) in [4.78, 5) is 12.0. The molecule has 2 N–H and O–H groups in total. The van der Waals surface area contributed by atoms with E-state index < -0.39 is 31.0 Å². The van der Waals surface area contributed by atoms with Crippen molar-refractivity contribution in [1.29, 1.82) is 0 Å². The average Bonchev–Trinajstić information content (AvgIpc) is 2.69. The van der Waals surface area contributed by atoms with Gasteiger partial charge in [-0.15, -0.1) is 11.3 Å². The van der Waals surface area contributed by atoms with Crippen molar-refractivity contribution in [2.75, 3.05) is 0 Å². The van der Waals surface area contributed by atoms with Gasteiger partial charge in [0, 0.05) is 11.5 Å². The Morgan fingerprint density at radius 3 is 2.39 bits per heavy atom. The maximum Gasteiger partial charge on any atom is 0.247 e. The van der Waals surface area contributed by atoms with Crippen LogP contribution in [0.3, 0.4) is 0 Å². The Labute approximate surface area is 109 Å². The minimum atomic E-state index is -4.00. The first-order chi connectivity index (χ1) is 8.06. The molecule has 1 aromatic heterocycles. The summed E-state index contributed by atoms with van der Waals surface area (Å²) in [6.07, 6.45) is 0. The maximum absolute atomic E-state index is 12.1. The van der Waals surface area contributed by atoms with E-state index in [-0.39, 0.29) is 19.8 Å². The zero-order valence-electron chi connectivity index (χ0n) is 9.58. The van der Waals surface area contributed by atoms with Crippen LogP contribution in [-0.4, -0.2) is 27.9 Å². The summed E-state index contributed by atoms with van der Waals surface area (Å²) < 4.78 is 46.2. The number of carbonyl (C=O) groups is 1. The van der Waals surface area contributed by atoms with Crippen molar-refractivity contribution in [3.63, 3.8) is 0 Å². The van der Waals surface area contributed by atoms with E-state index in [9.17, 15) is 21.6 Å². The summed E-state index contributed by atoms with van der Waals surface area (Å²) >= 11 is 0.537. The van der Waals surface area contributed by atoms with Crippen molar-refractivity contribution in [2.45, 2.75) is 27.5 Å². The third kappa shape index (κ3) is 1.81. The fourth-order valence-electron chi connectivity index (χ4n) is 1.77. The van der Waals surface area contributed by atoms with Crippen molar-refractivity contribution in [3.05, 3.63) is 11.6 Å². The largest absolute Gasteiger partial charge is 0.294 e. The van der Waals surface area contributed by atoms with Gasteiger partial charge in [-0.2, -0.15) is 0 Å². The first-order valence-electron chi connectivity index (χ1n) is 5.01. The molecule has 9 heteroatoms. The van der Waals surface area contributed by atoms with Crippen LogP contribution >= 0.6 is 11.3 Å². The SMILES string of the molecule is CC1C(=O)c2cc(S(N)(=O)=O)sc2S(=O)(=O)C1C. The van der Waals surface area contributed by atoms with Gasteiger partial charge in [-0.05, 0) is 13.0 Å². The van der Waals surface area contributed by atoms with Gasteiger partial charge in [-0.25, -0.2) is 22.0 Å². The van der Waals surface area contributed by atoms with E-state index in [4.69, 9.17) is 5.14 Å². The van der Waals surface area contributed by atoms with Crippen molar-refractivity contribution in [1.82, 2.24) is 0 Å². The topological polar surface area (TPSA) is 111 Å². The lowest BCUT2D eigenvalue weighted by Gasteiger charge is -2.23. The number of sulfonamides is 1. The summed E-state index contributed by atoms with van der Waals surface area (Å²) in [5, 5.41) is 4.09. The predicted octanol–water partition coefficient (Wildman–Crippen LogP) is 0.390. The van der Waals surface area contributed by atoms with Gasteiger partial charge < -0.3 is 0 Å². The molecule has 6 nitrogen and oxygen atoms in total. The molecule has 2 atom stereocenters. The molecule has 0 aliphatic carbocycles. The second kappa shape index (κ2) is 3.86. The van der Waals surface area contributed by atoms with Crippen LogP contribution in [0.4, 0.5) is 0 Å². The molecule has 0 bridgehead atoms. The van der Waals surface area contributed by atoms with E-state index in [1.54, 1.807) is 0 Å². The van der Waals surface area contributed by atoms with E-state index in [1.165, 1.54) is 13.8 Å². The molecule has 1 aliphatic heterocycles. The van der Waals surface area contributed by atoms with Crippen LogP contribution in [0, 0.1) is 5.92 Å². The van der Waals surface area contributed by atoms with Crippen LogP contribution in [0.1, 0.15) is 24.2 Å². The van der Waals surface area contributed by atoms with Gasteiger partial charge in [0.2, 0.25) is 10.0 Å². The Balaban J connectivity index is 2.80. The van der Waals surface area contributed by atoms with E-state index >= 15 is 0 Å². The monoisotopic (exact) mass is 309 g/mol. The molecular weight excluding hydrogens is 298 g/mol. The van der Waals surface area contributed by atoms with Gasteiger partial charge in [0.05, 0.1) is 5.25 Å². The third-order valence-corrected chi connectivity index (χ3v) is 8.51. The molecule has 2 rings (SSSR count). The molecule has 100 valence electrons. The second-order valence-electron chi connectivity index (χ2n) is 4.21. The fraction of sp³-hybridized carbons (Fsp3) is 0.444. The van der Waals surface area contributed by atoms with Crippen molar-refractivity contribution >= 4 is 37.0 Å². The van der Waals surface area contributed by atoms with E-state index in [0.29, 0.717) is 11.3 Å². The van der Waals surface area contributed by atoms with Crippen LogP contribution in [0.15, 0.2) is 14.5 Å². The number of ketones is 1. The summed E-state index contributed by atoms with van der Waals surface area (Å²) in [5.41, 5.74) is -0.0605. The highest BCUT2D eigenvalue weighted by Gasteiger charge is 2.43. The normalized spacial score (nSPS) is 26.9. The number of hydrogen-bond donors (Lipinski definition) is 1. The maximum atomic E-state index is 12.1. The molecule has 1 aromatic rings. The van der Waals surface area contributed by atoms with Crippen molar-refractivity contribution in [3.8, 4) is 0 Å². The van der Waals surface area contributed by atoms with Crippen molar-refractivity contribution in [2.24, 2.45) is 11.1 Å². The summed E-state index contributed by atoms with van der Waals surface area (Å²) in [7, 11) is -7.67. The van der Waals surface area contributed by atoms with Crippen LogP contribution < -0.4 is 5.14 Å². The number of primary sulfonamides is 1. The Morgan fingerprint density at radius 1 is 1.33 bits per heavy atom. The first-order valence-corrected chi connectivity index (χ1v) is 8.92. The Kier molecular flexibility index (Phi) is 2.93. The number of rotatable bonds is 1. The molecule has 18 heavy (non-hydrogen) atoms. The first kappa shape index (κ1) is 13.7. The number of nitrogens with two attached hydrogens (primary N) is 1. The summed E-state index contributed by atoms with van der Waals surface area (Å²) in [5.74, 6) is -1.05. The molecule has 0 saturated heterocycles. The molecular formula is C9H11NO5S3. The Morgan fingerprint density at radius 2 is 1.89 bits per heavy atom. The highest BCUT2D eigenvalue weighted by atomic mass is 32.3. The van der Waals surface area contributed by atoms with Gasteiger partial charge in [-0.1, -0.05) is 6.92 Å². The number of fused-ring (bicyclic) bond motifs is 1. The Hall–Kier alpha value is -0.770. The molecule has 0 fully saturated rings. The lowest BCUT2D eigenvalue weighted by molar-refractivity contribution is 0.0921. The molecule has 0 radical (unpaired) electrons. The zero-order valence-corrected chi connectivity index (χ0v) is 12.0. The second-order valence-corrected chi connectivity index (χ2v) is 9.56. The van der Waals surface area contributed by atoms with Crippen LogP contribution in [-0.2, 0) is 19.9 Å². The minimum Gasteiger partial charge on any atom is -0.294 e. The molecule has 2 unspecified atom stereocenters. The predicted molar refractivity (Wildman–Crippen MR) is 65.8 cm³/mol. The van der Waals surface area contributed by atoms with Crippen LogP contribution in [0.25, 0.3) is 0 Å². The molecule has 2 heterocycles. The van der Waals surface area contributed by atoms with E-state index in [2.05, 4.69) is 0 Å². The lowest BCUT2D eigenvalue weighted by atomic mass is 9.98. The highest BCUT2D eigenvalue weighted by Crippen LogP contribution is 2.39. The number of sulfone groups is 1. The molecule has 0 saturated carbocycles. The van der Waals surface area contributed by atoms with Gasteiger partial charge in [-0.3, -0.25) is 4.79 Å². The smallest absolute Gasteiger partial charge is 0.247 e. The van der Waals surface area contributed by atoms with Crippen molar-refractivity contribution < 1.29 is 21.6 Å². The highest BCUT2D eigenvalue weighted by molar-refractivity contribution is 7.95. The van der Waals surface area contributed by atoms with Gasteiger partial charge in [0.25, 0.3) is 0 Å². The molecule has 0 amide bonds. The number of Topliss-reactive ketones (excluding diaryl/α,β-unsaturated/α-hetero) is 1. The molecule has 0 spiro atoms. The van der Waals surface area contributed by atoms with Crippen LogP contribution in [0.5, 0.6) is 0 Å². The number of thiophene rings is 1. The third-order valence-electron chi connectivity index (χ3n) is 3.09. The van der Waals surface area contributed by atoms with Crippen LogP contribution in [0.2, 0.25) is 0 Å². The summed E-state index contributed by atoms with van der Waals surface area (Å²) in [6, 6.07) is 1.05. The summed E-state index contributed by atoms with van der Waals surface area (Å²) in [6.45, 7) is 2.96. The lowest BCUT2D eigenvalue weighted by Crippen LogP contribution is -2.35. The van der Waals surface area contributed by atoms with Gasteiger partial charge in [0.15, 0.2) is 15.6 Å². The average molecular weight is 309 g/mol. The fourth-order valence-corrected chi connectivity index (χ4v) is 6.21. The van der Waals surface area contributed by atoms with E-state index in [0.717, 1.165) is 6.07 Å². The van der Waals surface area contributed by atoms with Gasteiger partial charge >= 0.3 is 0 Å². The Bertz CT molecular complexity index is 728. The zero-order chi connectivity index (χ0) is 13.9. The number of carbonyl (C=O) groups excluding carboxylic acids is 1. The standard InChI is InChI=1S/C9H11NO5S3/c1-4-5(2)17(12,13)9-6(8(4)11)3-7(16-9)18(10,14)15/h3-5H,1-2H3,(H2,10,14,15). The van der Waals surface area contributed by atoms with Gasteiger partial charge in [0.1, 0.15) is 8.42 Å².